The normalized spacial score (nSPS) is 10.7. The van der Waals surface area contributed by atoms with Crippen molar-refractivity contribution in [3.63, 3.8) is 0 Å². The second kappa shape index (κ2) is 5.93. The Bertz CT molecular complexity index is 530. The largest absolute Gasteiger partial charge is 0.399 e. The zero-order valence-corrected chi connectivity index (χ0v) is 11.9. The second-order valence-electron chi connectivity index (χ2n) is 4.86. The topological polar surface area (TPSA) is 50.9 Å². The van der Waals surface area contributed by atoms with Gasteiger partial charge in [-0.3, -0.25) is 0 Å². The lowest BCUT2D eigenvalue weighted by Crippen LogP contribution is -2.02. The first-order valence-electron chi connectivity index (χ1n) is 6.30. The van der Waals surface area contributed by atoms with Gasteiger partial charge < -0.3 is 11.1 Å². The number of halogens is 1. The van der Waals surface area contributed by atoms with Crippen LogP contribution in [0.3, 0.4) is 0 Å². The van der Waals surface area contributed by atoms with Gasteiger partial charge in [0, 0.05) is 18.3 Å². The number of nitrogens with zero attached hydrogens (tertiary/aromatic N) is 1. The Kier molecular flexibility index (Phi) is 4.27. The molecule has 4 heteroatoms. The van der Waals surface area contributed by atoms with E-state index in [1.165, 1.54) is 11.1 Å². The van der Waals surface area contributed by atoms with Gasteiger partial charge in [0.15, 0.2) is 0 Å². The zero-order valence-electron chi connectivity index (χ0n) is 11.2. The van der Waals surface area contributed by atoms with Gasteiger partial charge in [0.05, 0.1) is 0 Å². The number of nitrogen functional groups attached to an aromatic ring is 1. The maximum absolute atomic E-state index is 5.86. The van der Waals surface area contributed by atoms with Gasteiger partial charge >= 0.3 is 0 Å². The molecule has 1 aromatic heterocycles. The fourth-order valence-electron chi connectivity index (χ4n) is 1.82. The molecule has 0 aliphatic heterocycles. The quantitative estimate of drug-likeness (QED) is 0.828. The molecule has 0 radical (unpaired) electrons. The second-order valence-corrected chi connectivity index (χ2v) is 5.25. The molecule has 2 aromatic rings. The van der Waals surface area contributed by atoms with Crippen molar-refractivity contribution >= 4 is 23.1 Å². The molecular formula is C15H18ClN3. The summed E-state index contributed by atoms with van der Waals surface area (Å²) in [4.78, 5) is 4.17. The SMILES string of the molecule is CC(C)c1ccc(CNc2cc(N)cc(Cl)n2)cc1. The molecule has 100 valence electrons. The number of hydrogen-bond donors (Lipinski definition) is 2. The molecule has 19 heavy (non-hydrogen) atoms. The Balaban J connectivity index is 2.02. The molecule has 0 fully saturated rings. The maximum atomic E-state index is 5.86. The van der Waals surface area contributed by atoms with E-state index in [4.69, 9.17) is 17.3 Å². The van der Waals surface area contributed by atoms with Crippen LogP contribution in [0.25, 0.3) is 0 Å². The third-order valence-corrected chi connectivity index (χ3v) is 3.13. The molecule has 1 heterocycles. The van der Waals surface area contributed by atoms with Crippen LogP contribution < -0.4 is 11.1 Å². The number of nitrogens with two attached hydrogens (primary N) is 1. The van der Waals surface area contributed by atoms with Crippen molar-refractivity contribution in [3.05, 3.63) is 52.7 Å². The first-order valence-corrected chi connectivity index (χ1v) is 6.68. The standard InChI is InChI=1S/C15H18ClN3/c1-10(2)12-5-3-11(4-6-12)9-18-15-8-13(17)7-14(16)19-15/h3-8,10H,9H2,1-2H3,(H3,17,18,19). The van der Waals surface area contributed by atoms with Gasteiger partial charge in [0.25, 0.3) is 0 Å². The number of hydrogen-bond acceptors (Lipinski definition) is 3. The predicted molar refractivity (Wildman–Crippen MR) is 81.5 cm³/mol. The van der Waals surface area contributed by atoms with E-state index in [9.17, 15) is 0 Å². The molecule has 2 rings (SSSR count). The van der Waals surface area contributed by atoms with Gasteiger partial charge in [0.1, 0.15) is 11.0 Å². The van der Waals surface area contributed by atoms with E-state index in [0.29, 0.717) is 29.1 Å². The van der Waals surface area contributed by atoms with E-state index in [1.807, 2.05) is 0 Å². The van der Waals surface area contributed by atoms with E-state index in [-0.39, 0.29) is 0 Å². The molecular weight excluding hydrogens is 258 g/mol. The van der Waals surface area contributed by atoms with E-state index in [2.05, 4.69) is 48.4 Å². The van der Waals surface area contributed by atoms with Crippen molar-refractivity contribution in [2.75, 3.05) is 11.1 Å². The number of nitrogens with one attached hydrogen (secondary N) is 1. The molecule has 0 saturated carbocycles. The van der Waals surface area contributed by atoms with Gasteiger partial charge in [-0.2, -0.15) is 0 Å². The van der Waals surface area contributed by atoms with E-state index < -0.39 is 0 Å². The monoisotopic (exact) mass is 275 g/mol. The van der Waals surface area contributed by atoms with E-state index in [1.54, 1.807) is 12.1 Å². The van der Waals surface area contributed by atoms with Gasteiger partial charge in [-0.1, -0.05) is 49.7 Å². The predicted octanol–water partition coefficient (Wildman–Crippen LogP) is 4.05. The van der Waals surface area contributed by atoms with Crippen molar-refractivity contribution in [1.82, 2.24) is 4.98 Å². The summed E-state index contributed by atoms with van der Waals surface area (Å²) < 4.78 is 0. The molecule has 0 aliphatic rings. The van der Waals surface area contributed by atoms with Crippen LogP contribution in [-0.2, 0) is 6.54 Å². The lowest BCUT2D eigenvalue weighted by atomic mass is 10.0. The van der Waals surface area contributed by atoms with Crippen molar-refractivity contribution in [2.45, 2.75) is 26.3 Å². The highest BCUT2D eigenvalue weighted by atomic mass is 35.5. The van der Waals surface area contributed by atoms with Gasteiger partial charge in [-0.25, -0.2) is 4.98 Å². The fraction of sp³-hybridized carbons (Fsp3) is 0.267. The Morgan fingerprint density at radius 1 is 1.21 bits per heavy atom. The molecule has 0 unspecified atom stereocenters. The van der Waals surface area contributed by atoms with E-state index >= 15 is 0 Å². The lowest BCUT2D eigenvalue weighted by Gasteiger charge is -2.09. The van der Waals surface area contributed by atoms with Crippen LogP contribution in [0.2, 0.25) is 5.15 Å². The van der Waals surface area contributed by atoms with Crippen LogP contribution in [0.5, 0.6) is 0 Å². The first-order chi connectivity index (χ1) is 9.04. The number of aromatic nitrogens is 1. The highest BCUT2D eigenvalue weighted by Gasteiger charge is 2.01. The zero-order chi connectivity index (χ0) is 13.8. The summed E-state index contributed by atoms with van der Waals surface area (Å²) in [6.45, 7) is 5.07. The summed E-state index contributed by atoms with van der Waals surface area (Å²) in [5, 5.41) is 3.62. The first kappa shape index (κ1) is 13.7. The molecule has 0 aliphatic carbocycles. The smallest absolute Gasteiger partial charge is 0.133 e. The molecule has 0 amide bonds. The summed E-state index contributed by atoms with van der Waals surface area (Å²) in [7, 11) is 0. The van der Waals surface area contributed by atoms with Crippen LogP contribution >= 0.6 is 11.6 Å². The Hall–Kier alpha value is -1.74. The van der Waals surface area contributed by atoms with Crippen LogP contribution in [-0.4, -0.2) is 4.98 Å². The molecule has 0 bridgehead atoms. The van der Waals surface area contributed by atoms with Crippen molar-refractivity contribution in [3.8, 4) is 0 Å². The molecule has 0 saturated heterocycles. The third kappa shape index (κ3) is 3.86. The summed E-state index contributed by atoms with van der Waals surface area (Å²) in [6, 6.07) is 12.0. The molecule has 0 atom stereocenters. The number of rotatable bonds is 4. The Morgan fingerprint density at radius 3 is 2.47 bits per heavy atom. The number of pyridine rings is 1. The summed E-state index contributed by atoms with van der Waals surface area (Å²) in [6.07, 6.45) is 0. The average molecular weight is 276 g/mol. The van der Waals surface area contributed by atoms with Crippen molar-refractivity contribution in [2.24, 2.45) is 0 Å². The van der Waals surface area contributed by atoms with Crippen LogP contribution in [0, 0.1) is 0 Å². The Morgan fingerprint density at radius 2 is 1.89 bits per heavy atom. The number of benzene rings is 1. The Labute approximate surface area is 118 Å². The third-order valence-electron chi connectivity index (χ3n) is 2.94. The molecule has 0 spiro atoms. The molecule has 3 nitrogen and oxygen atoms in total. The van der Waals surface area contributed by atoms with Gasteiger partial charge in [-0.05, 0) is 23.1 Å². The van der Waals surface area contributed by atoms with E-state index in [0.717, 1.165) is 0 Å². The van der Waals surface area contributed by atoms with Gasteiger partial charge in [-0.15, -0.1) is 0 Å². The summed E-state index contributed by atoms with van der Waals surface area (Å²) in [5.41, 5.74) is 8.87. The number of anilines is 2. The van der Waals surface area contributed by atoms with Crippen molar-refractivity contribution in [1.29, 1.82) is 0 Å². The summed E-state index contributed by atoms with van der Waals surface area (Å²) in [5.74, 6) is 1.24. The van der Waals surface area contributed by atoms with Crippen molar-refractivity contribution < 1.29 is 0 Å². The average Bonchev–Trinajstić information content (AvgIpc) is 2.36. The fourth-order valence-corrected chi connectivity index (χ4v) is 2.04. The van der Waals surface area contributed by atoms with Gasteiger partial charge in [0.2, 0.25) is 0 Å². The minimum Gasteiger partial charge on any atom is -0.399 e. The molecule has 3 N–H and O–H groups in total. The minimum absolute atomic E-state index is 0.401. The molecule has 1 aromatic carbocycles. The highest BCUT2D eigenvalue weighted by Crippen LogP contribution is 2.18. The minimum atomic E-state index is 0.401. The van der Waals surface area contributed by atoms with Crippen LogP contribution in [0.1, 0.15) is 30.9 Å². The lowest BCUT2D eigenvalue weighted by molar-refractivity contribution is 0.865. The summed E-state index contributed by atoms with van der Waals surface area (Å²) >= 11 is 5.86. The van der Waals surface area contributed by atoms with Crippen LogP contribution in [0.4, 0.5) is 11.5 Å². The maximum Gasteiger partial charge on any atom is 0.133 e. The van der Waals surface area contributed by atoms with Crippen LogP contribution in [0.15, 0.2) is 36.4 Å². The highest BCUT2D eigenvalue weighted by molar-refractivity contribution is 6.29.